The van der Waals surface area contributed by atoms with E-state index < -0.39 is 0 Å². The van der Waals surface area contributed by atoms with Gasteiger partial charge in [-0.1, -0.05) is 6.92 Å². The van der Waals surface area contributed by atoms with Gasteiger partial charge in [-0.25, -0.2) is 0 Å². The quantitative estimate of drug-likeness (QED) is 0.742. The maximum atomic E-state index is 11.9. The molecule has 18 heavy (non-hydrogen) atoms. The molecule has 2 aliphatic rings. The van der Waals surface area contributed by atoms with Crippen LogP contribution in [0.2, 0.25) is 0 Å². The van der Waals surface area contributed by atoms with Crippen molar-refractivity contribution in [2.45, 2.75) is 26.2 Å². The lowest BCUT2D eigenvalue weighted by Crippen LogP contribution is -2.44. The van der Waals surface area contributed by atoms with Crippen molar-refractivity contribution in [2.75, 3.05) is 32.7 Å². The van der Waals surface area contributed by atoms with E-state index in [-0.39, 0.29) is 24.3 Å². The molecular weight excluding hydrogens is 230 g/mol. The van der Waals surface area contributed by atoms with Gasteiger partial charge in [0.25, 0.3) is 0 Å². The molecule has 5 heteroatoms. The van der Waals surface area contributed by atoms with Crippen LogP contribution in [0.1, 0.15) is 26.2 Å². The van der Waals surface area contributed by atoms with Crippen molar-refractivity contribution >= 4 is 11.8 Å². The largest absolute Gasteiger partial charge is 0.347 e. The monoisotopic (exact) mass is 253 g/mol. The fraction of sp³-hybridized carbons (Fsp3) is 0.846. The third kappa shape index (κ3) is 3.22. The average molecular weight is 253 g/mol. The number of rotatable bonds is 3. The van der Waals surface area contributed by atoms with E-state index in [4.69, 9.17) is 0 Å². The lowest BCUT2D eigenvalue weighted by Gasteiger charge is -2.27. The van der Waals surface area contributed by atoms with Gasteiger partial charge in [-0.15, -0.1) is 0 Å². The molecule has 0 aromatic rings. The lowest BCUT2D eigenvalue weighted by molar-refractivity contribution is -0.134. The minimum absolute atomic E-state index is 0.0119. The highest BCUT2D eigenvalue weighted by Crippen LogP contribution is 2.15. The molecule has 0 bridgehead atoms. The molecule has 0 saturated carbocycles. The van der Waals surface area contributed by atoms with Crippen LogP contribution in [0.3, 0.4) is 0 Å². The standard InChI is InChI=1S/C13H23N3O2/c1-10-7-14-8-11(10)13(18)15-9-12(17)16-5-3-2-4-6-16/h10-11,14H,2-9H2,1H3,(H,15,18). The second-order valence-corrected chi connectivity index (χ2v) is 5.40. The van der Waals surface area contributed by atoms with Gasteiger partial charge < -0.3 is 15.5 Å². The highest BCUT2D eigenvalue weighted by molar-refractivity contribution is 5.86. The van der Waals surface area contributed by atoms with Crippen LogP contribution in [0.5, 0.6) is 0 Å². The fourth-order valence-corrected chi connectivity index (χ4v) is 2.71. The molecule has 0 spiro atoms. The second kappa shape index (κ2) is 6.18. The average Bonchev–Trinajstić information content (AvgIpc) is 2.83. The first kappa shape index (κ1) is 13.3. The summed E-state index contributed by atoms with van der Waals surface area (Å²) in [4.78, 5) is 25.7. The summed E-state index contributed by atoms with van der Waals surface area (Å²) in [5.74, 6) is 0.439. The third-order valence-corrected chi connectivity index (χ3v) is 3.98. The van der Waals surface area contributed by atoms with Crippen molar-refractivity contribution < 1.29 is 9.59 Å². The van der Waals surface area contributed by atoms with E-state index in [1.807, 2.05) is 4.90 Å². The smallest absolute Gasteiger partial charge is 0.241 e. The van der Waals surface area contributed by atoms with E-state index >= 15 is 0 Å². The van der Waals surface area contributed by atoms with Gasteiger partial charge in [0.15, 0.2) is 0 Å². The molecule has 2 amide bonds. The number of carbonyl (C=O) groups is 2. The number of nitrogens with one attached hydrogen (secondary N) is 2. The van der Waals surface area contributed by atoms with E-state index in [9.17, 15) is 9.59 Å². The van der Waals surface area contributed by atoms with E-state index in [2.05, 4.69) is 17.6 Å². The summed E-state index contributed by atoms with van der Waals surface area (Å²) >= 11 is 0. The van der Waals surface area contributed by atoms with Gasteiger partial charge >= 0.3 is 0 Å². The van der Waals surface area contributed by atoms with E-state index in [1.54, 1.807) is 0 Å². The first-order chi connectivity index (χ1) is 8.68. The lowest BCUT2D eigenvalue weighted by atomic mass is 9.97. The summed E-state index contributed by atoms with van der Waals surface area (Å²) in [6, 6.07) is 0. The molecular formula is C13H23N3O2. The Morgan fingerprint density at radius 1 is 1.22 bits per heavy atom. The zero-order valence-electron chi connectivity index (χ0n) is 11.1. The molecule has 0 aromatic heterocycles. The third-order valence-electron chi connectivity index (χ3n) is 3.98. The predicted octanol–water partition coefficient (Wildman–Crippen LogP) is -0.0294. The Balaban J connectivity index is 1.73. The molecule has 2 N–H and O–H groups in total. The molecule has 102 valence electrons. The van der Waals surface area contributed by atoms with Gasteiger partial charge in [-0.05, 0) is 31.7 Å². The normalized spacial score (nSPS) is 28.2. The van der Waals surface area contributed by atoms with Gasteiger partial charge in [-0.3, -0.25) is 9.59 Å². The first-order valence-corrected chi connectivity index (χ1v) is 6.94. The van der Waals surface area contributed by atoms with Crippen LogP contribution in [-0.2, 0) is 9.59 Å². The molecule has 2 fully saturated rings. The molecule has 2 unspecified atom stereocenters. The Hall–Kier alpha value is -1.10. The zero-order valence-corrected chi connectivity index (χ0v) is 11.1. The first-order valence-electron chi connectivity index (χ1n) is 6.94. The number of amides is 2. The Kier molecular flexibility index (Phi) is 4.58. The topological polar surface area (TPSA) is 61.4 Å². The Bertz CT molecular complexity index is 313. The summed E-state index contributed by atoms with van der Waals surface area (Å²) in [7, 11) is 0. The Morgan fingerprint density at radius 2 is 1.94 bits per heavy atom. The van der Waals surface area contributed by atoms with Crippen LogP contribution in [0.15, 0.2) is 0 Å². The van der Waals surface area contributed by atoms with Crippen LogP contribution in [0.4, 0.5) is 0 Å². The number of hydrogen-bond donors (Lipinski definition) is 2. The molecule has 2 rings (SSSR count). The zero-order chi connectivity index (χ0) is 13.0. The number of piperidine rings is 1. The second-order valence-electron chi connectivity index (χ2n) is 5.40. The molecule has 0 aliphatic carbocycles. The maximum Gasteiger partial charge on any atom is 0.241 e. The van der Waals surface area contributed by atoms with Crippen molar-refractivity contribution in [2.24, 2.45) is 11.8 Å². The SMILES string of the molecule is CC1CNCC1C(=O)NCC(=O)N1CCCCC1. The van der Waals surface area contributed by atoms with Crippen molar-refractivity contribution in [3.63, 3.8) is 0 Å². The van der Waals surface area contributed by atoms with Crippen LogP contribution in [0, 0.1) is 11.8 Å². The highest BCUT2D eigenvalue weighted by Gasteiger charge is 2.29. The molecule has 0 aromatic carbocycles. The molecule has 2 atom stereocenters. The number of carbonyl (C=O) groups excluding carboxylic acids is 2. The predicted molar refractivity (Wildman–Crippen MR) is 69.0 cm³/mol. The highest BCUT2D eigenvalue weighted by atomic mass is 16.2. The minimum Gasteiger partial charge on any atom is -0.347 e. The summed E-state index contributed by atoms with van der Waals surface area (Å²) < 4.78 is 0. The van der Waals surface area contributed by atoms with Gasteiger partial charge in [-0.2, -0.15) is 0 Å². The van der Waals surface area contributed by atoms with Crippen LogP contribution in [-0.4, -0.2) is 49.4 Å². The van der Waals surface area contributed by atoms with Gasteiger partial charge in [0.2, 0.25) is 11.8 Å². The van der Waals surface area contributed by atoms with Crippen LogP contribution >= 0.6 is 0 Å². The molecule has 0 radical (unpaired) electrons. The van der Waals surface area contributed by atoms with Crippen molar-refractivity contribution in [3.05, 3.63) is 0 Å². The Labute approximate surface area is 108 Å². The van der Waals surface area contributed by atoms with E-state index in [0.717, 1.165) is 39.0 Å². The number of hydrogen-bond acceptors (Lipinski definition) is 3. The van der Waals surface area contributed by atoms with Gasteiger partial charge in [0.1, 0.15) is 0 Å². The minimum atomic E-state index is 0.0119. The molecule has 2 heterocycles. The Morgan fingerprint density at radius 3 is 2.56 bits per heavy atom. The van der Waals surface area contributed by atoms with Crippen molar-refractivity contribution in [1.82, 2.24) is 15.5 Å². The summed E-state index contributed by atoms with van der Waals surface area (Å²) in [6.07, 6.45) is 3.38. The number of likely N-dealkylation sites (tertiary alicyclic amines) is 1. The van der Waals surface area contributed by atoms with Crippen LogP contribution < -0.4 is 10.6 Å². The van der Waals surface area contributed by atoms with Crippen LogP contribution in [0.25, 0.3) is 0 Å². The summed E-state index contributed by atoms with van der Waals surface area (Å²) in [5, 5.41) is 5.98. The van der Waals surface area contributed by atoms with Gasteiger partial charge in [0, 0.05) is 19.6 Å². The van der Waals surface area contributed by atoms with Crippen molar-refractivity contribution in [3.8, 4) is 0 Å². The van der Waals surface area contributed by atoms with Crippen molar-refractivity contribution in [1.29, 1.82) is 0 Å². The molecule has 2 saturated heterocycles. The molecule has 5 nitrogen and oxygen atoms in total. The molecule has 2 aliphatic heterocycles. The van der Waals surface area contributed by atoms with Gasteiger partial charge in [0.05, 0.1) is 12.5 Å². The van der Waals surface area contributed by atoms with E-state index in [0.29, 0.717) is 5.92 Å². The maximum absolute atomic E-state index is 11.9. The summed E-state index contributed by atoms with van der Waals surface area (Å²) in [5.41, 5.74) is 0. The summed E-state index contributed by atoms with van der Waals surface area (Å²) in [6.45, 7) is 5.52. The number of nitrogens with zero attached hydrogens (tertiary/aromatic N) is 1. The fourth-order valence-electron chi connectivity index (χ4n) is 2.71. The van der Waals surface area contributed by atoms with E-state index in [1.165, 1.54) is 6.42 Å².